The molecule has 0 heterocycles. The van der Waals surface area contributed by atoms with Crippen molar-refractivity contribution in [2.75, 3.05) is 6.54 Å². The molecule has 2 atom stereocenters. The van der Waals surface area contributed by atoms with Gasteiger partial charge in [0.25, 0.3) is 0 Å². The summed E-state index contributed by atoms with van der Waals surface area (Å²) in [5.74, 6) is 2.14. The molecule has 6 heteroatoms. The maximum atomic E-state index is 10.8. The quantitative estimate of drug-likeness (QED) is 0.473. The topological polar surface area (TPSA) is 75.8 Å². The minimum absolute atomic E-state index is 0. The van der Waals surface area contributed by atoms with Crippen LogP contribution in [0.4, 0.5) is 4.79 Å². The molecule has 2 aromatic rings. The number of para-hydroxylation sites is 1. The Bertz CT molecular complexity index is 672. The number of rotatable bonds is 5. The number of ether oxygens (including phenoxy) is 1. The molecule has 23 heavy (non-hydrogen) atoms. The smallest absolute Gasteiger partial charge is 1.00 e. The van der Waals surface area contributed by atoms with Crippen molar-refractivity contribution in [3.63, 3.8) is 0 Å². The van der Waals surface area contributed by atoms with Crippen LogP contribution in [0.1, 0.15) is 19.3 Å². The minimum atomic E-state index is -0.813. The summed E-state index contributed by atoms with van der Waals surface area (Å²) in [6, 6.07) is 16.7. The van der Waals surface area contributed by atoms with Crippen LogP contribution in [0.15, 0.2) is 54.6 Å². The molecular formula is C17H19KN2O3. The van der Waals surface area contributed by atoms with Gasteiger partial charge in [0.15, 0.2) is 0 Å². The number of nitrogens with zero attached hydrogens (tertiary/aromatic N) is 1. The Morgan fingerprint density at radius 1 is 1.22 bits per heavy atom. The average Bonchev–Trinajstić information content (AvgIpc) is 3.28. The number of hydrogen-bond acceptors (Lipinski definition) is 3. The normalized spacial score (nSPS) is 18.7. The fourth-order valence-electron chi connectivity index (χ4n) is 2.60. The number of urea groups is 1. The van der Waals surface area contributed by atoms with Gasteiger partial charge in [-0.15, -0.1) is 0 Å². The molecule has 1 fully saturated rings. The van der Waals surface area contributed by atoms with Crippen molar-refractivity contribution >= 4 is 6.03 Å². The Hall–Kier alpha value is -0.894. The predicted molar refractivity (Wildman–Crippen MR) is 83.0 cm³/mol. The van der Waals surface area contributed by atoms with Gasteiger partial charge in [-0.2, -0.15) is 0 Å². The number of carbonyl (C=O) groups is 1. The molecule has 0 aromatic heterocycles. The number of hydrogen-bond donors (Lipinski definition) is 2. The van der Waals surface area contributed by atoms with E-state index in [1.807, 2.05) is 54.6 Å². The number of carbonyl (C=O) groups excluding carboxylic acids is 1. The van der Waals surface area contributed by atoms with Crippen LogP contribution in [0, 0.1) is 5.92 Å². The molecule has 3 N–H and O–H groups in total. The maximum Gasteiger partial charge on any atom is 1.00 e. The third-order valence-electron chi connectivity index (χ3n) is 3.85. The SMILES string of the molecule is NC(=O)N(O)C[C@@H]1C[C@H]1c1cccc(Oc2ccccc2)c1.[H-].[K+]. The zero-order chi connectivity index (χ0) is 15.5. The van der Waals surface area contributed by atoms with E-state index < -0.39 is 6.03 Å². The van der Waals surface area contributed by atoms with Crippen molar-refractivity contribution in [2.45, 2.75) is 12.3 Å². The van der Waals surface area contributed by atoms with Gasteiger partial charge in [-0.3, -0.25) is 5.21 Å². The minimum Gasteiger partial charge on any atom is -1.00 e. The maximum absolute atomic E-state index is 10.8. The number of primary amides is 1. The molecule has 0 aliphatic heterocycles. The van der Waals surface area contributed by atoms with E-state index in [2.05, 4.69) is 0 Å². The molecule has 1 aliphatic carbocycles. The first-order valence-electron chi connectivity index (χ1n) is 7.22. The van der Waals surface area contributed by atoms with E-state index in [0.717, 1.165) is 23.5 Å². The van der Waals surface area contributed by atoms with Gasteiger partial charge >= 0.3 is 57.4 Å². The van der Waals surface area contributed by atoms with E-state index in [-0.39, 0.29) is 65.3 Å². The van der Waals surface area contributed by atoms with Crippen LogP contribution >= 0.6 is 0 Å². The van der Waals surface area contributed by atoms with Crippen molar-refractivity contribution in [1.82, 2.24) is 5.06 Å². The van der Waals surface area contributed by atoms with Gasteiger partial charge < -0.3 is 11.9 Å². The summed E-state index contributed by atoms with van der Waals surface area (Å²) < 4.78 is 5.82. The molecule has 1 saturated carbocycles. The fourth-order valence-corrected chi connectivity index (χ4v) is 2.60. The van der Waals surface area contributed by atoms with Crippen molar-refractivity contribution in [1.29, 1.82) is 0 Å². The predicted octanol–water partition coefficient (Wildman–Crippen LogP) is 0.469. The number of hydroxylamine groups is 2. The number of nitrogens with two attached hydrogens (primary N) is 1. The second-order valence-electron chi connectivity index (χ2n) is 5.51. The second kappa shape index (κ2) is 8.28. The van der Waals surface area contributed by atoms with Gasteiger partial charge in [-0.05, 0) is 48.1 Å². The first-order valence-corrected chi connectivity index (χ1v) is 7.22. The molecule has 0 saturated heterocycles. The summed E-state index contributed by atoms with van der Waals surface area (Å²) in [4.78, 5) is 10.8. The molecule has 0 bridgehead atoms. The van der Waals surface area contributed by atoms with Gasteiger partial charge in [0.05, 0.1) is 6.54 Å². The van der Waals surface area contributed by atoms with Gasteiger partial charge in [0.1, 0.15) is 11.5 Å². The van der Waals surface area contributed by atoms with Crippen LogP contribution in [-0.2, 0) is 0 Å². The molecule has 3 rings (SSSR count). The third kappa shape index (κ3) is 5.04. The Morgan fingerprint density at radius 2 is 1.91 bits per heavy atom. The van der Waals surface area contributed by atoms with E-state index in [9.17, 15) is 10.0 Å². The van der Waals surface area contributed by atoms with Gasteiger partial charge in [0.2, 0.25) is 0 Å². The van der Waals surface area contributed by atoms with Crippen LogP contribution < -0.4 is 61.9 Å². The third-order valence-corrected chi connectivity index (χ3v) is 3.85. The zero-order valence-electron chi connectivity index (χ0n) is 14.1. The second-order valence-corrected chi connectivity index (χ2v) is 5.51. The van der Waals surface area contributed by atoms with Gasteiger partial charge in [-0.1, -0.05) is 30.3 Å². The van der Waals surface area contributed by atoms with E-state index in [4.69, 9.17) is 10.5 Å². The Labute approximate surface area is 179 Å². The monoisotopic (exact) mass is 338 g/mol. The largest absolute Gasteiger partial charge is 1.00 e. The average molecular weight is 338 g/mol. The molecule has 0 radical (unpaired) electrons. The van der Waals surface area contributed by atoms with E-state index in [1.165, 1.54) is 0 Å². The summed E-state index contributed by atoms with van der Waals surface area (Å²) in [6.45, 7) is 0.268. The van der Waals surface area contributed by atoms with Crippen LogP contribution in [-0.4, -0.2) is 22.8 Å². The Morgan fingerprint density at radius 3 is 2.61 bits per heavy atom. The molecule has 2 amide bonds. The summed E-state index contributed by atoms with van der Waals surface area (Å²) in [6.07, 6.45) is 0.930. The van der Waals surface area contributed by atoms with Gasteiger partial charge in [-0.25, -0.2) is 9.86 Å². The molecular weight excluding hydrogens is 319 g/mol. The first kappa shape index (κ1) is 18.4. The summed E-state index contributed by atoms with van der Waals surface area (Å²) in [5, 5.41) is 9.96. The standard InChI is InChI=1S/C17H18N2O3.K.H/c18-17(20)19(21)11-13-10-16(13)12-5-4-8-15(9-12)22-14-6-2-1-3-7-14;;/h1-9,13,16,21H,10-11H2,(H2,18,20);;/q;+1;-1/t13-,16-;;/m0../s1. The van der Waals surface area contributed by atoms with Crippen LogP contribution in [0.2, 0.25) is 0 Å². The molecule has 5 nitrogen and oxygen atoms in total. The van der Waals surface area contributed by atoms with Crippen LogP contribution in [0.5, 0.6) is 11.5 Å². The molecule has 1 aliphatic rings. The van der Waals surface area contributed by atoms with E-state index in [1.54, 1.807) is 0 Å². The fraction of sp³-hybridized carbons (Fsp3) is 0.235. The van der Waals surface area contributed by atoms with Crippen LogP contribution in [0.3, 0.4) is 0 Å². The summed E-state index contributed by atoms with van der Waals surface area (Å²) in [7, 11) is 0. The molecule has 0 unspecified atom stereocenters. The zero-order valence-corrected chi connectivity index (χ0v) is 16.2. The molecule has 0 spiro atoms. The van der Waals surface area contributed by atoms with Crippen molar-refractivity contribution in [3.8, 4) is 11.5 Å². The Balaban J connectivity index is 0.00000144. The number of benzene rings is 2. The summed E-state index contributed by atoms with van der Waals surface area (Å²) in [5.41, 5.74) is 6.17. The molecule has 2 aromatic carbocycles. The first-order chi connectivity index (χ1) is 10.6. The summed E-state index contributed by atoms with van der Waals surface area (Å²) >= 11 is 0. The van der Waals surface area contributed by atoms with E-state index in [0.29, 0.717) is 11.0 Å². The Kier molecular flexibility index (Phi) is 6.64. The molecule has 116 valence electrons. The van der Waals surface area contributed by atoms with Crippen LogP contribution in [0.25, 0.3) is 0 Å². The number of amides is 2. The van der Waals surface area contributed by atoms with Crippen molar-refractivity contribution in [3.05, 3.63) is 60.2 Å². The van der Waals surface area contributed by atoms with Crippen molar-refractivity contribution < 1.29 is 67.5 Å². The van der Waals surface area contributed by atoms with Crippen molar-refractivity contribution in [2.24, 2.45) is 11.7 Å². The van der Waals surface area contributed by atoms with Gasteiger partial charge in [0, 0.05) is 0 Å². The van der Waals surface area contributed by atoms with E-state index >= 15 is 0 Å².